The highest BCUT2D eigenvalue weighted by atomic mass is 16.6. The van der Waals surface area contributed by atoms with Crippen molar-refractivity contribution in [2.45, 2.75) is 18.2 Å². The fraction of sp³-hybridized carbons (Fsp3) is 0.350. The summed E-state index contributed by atoms with van der Waals surface area (Å²) >= 11 is 0. The van der Waals surface area contributed by atoms with Gasteiger partial charge in [0.1, 0.15) is 18.4 Å². The van der Waals surface area contributed by atoms with Crippen molar-refractivity contribution in [1.29, 1.82) is 0 Å². The van der Waals surface area contributed by atoms with Gasteiger partial charge in [-0.25, -0.2) is 9.59 Å². The fourth-order valence-electron chi connectivity index (χ4n) is 3.86. The number of benzene rings is 1. The normalized spacial score (nSPS) is 25.2. The lowest BCUT2D eigenvalue weighted by Crippen LogP contribution is -2.45. The predicted molar refractivity (Wildman–Crippen MR) is 101 cm³/mol. The molecule has 2 aromatic rings. The quantitative estimate of drug-likeness (QED) is 0.845. The third-order valence-electron chi connectivity index (χ3n) is 5.46. The smallest absolute Gasteiger partial charge is 0.415 e. The summed E-state index contributed by atoms with van der Waals surface area (Å²) in [4.78, 5) is 31.2. The van der Waals surface area contributed by atoms with E-state index in [0.717, 1.165) is 11.1 Å². The van der Waals surface area contributed by atoms with Crippen molar-refractivity contribution >= 4 is 17.9 Å². The molecule has 29 heavy (non-hydrogen) atoms. The maximum atomic E-state index is 12.2. The lowest BCUT2D eigenvalue weighted by Gasteiger charge is -2.31. The Morgan fingerprint density at radius 2 is 1.97 bits per heavy atom. The van der Waals surface area contributed by atoms with Crippen molar-refractivity contribution in [3.63, 3.8) is 0 Å². The van der Waals surface area contributed by atoms with Crippen LogP contribution in [0.5, 0.6) is 5.75 Å². The molecule has 1 N–H and O–H groups in total. The number of aromatic nitrogens is 1. The number of aliphatic hydroxyl groups is 1. The molecule has 3 atom stereocenters. The molecule has 0 spiro atoms. The number of fused-ring (bicyclic) bond motifs is 3. The van der Waals surface area contributed by atoms with E-state index in [9.17, 15) is 14.7 Å². The summed E-state index contributed by atoms with van der Waals surface area (Å²) in [5.74, 6) is 0.574. The van der Waals surface area contributed by atoms with E-state index in [1.807, 2.05) is 24.3 Å². The molecule has 0 bridgehead atoms. The minimum absolute atomic E-state index is 0.242. The Balaban J connectivity index is 1.40. The molecule has 0 radical (unpaired) electrons. The molecule has 3 aliphatic heterocycles. The first-order chi connectivity index (χ1) is 14.0. The van der Waals surface area contributed by atoms with Crippen molar-refractivity contribution in [3.8, 4) is 16.9 Å². The van der Waals surface area contributed by atoms with Crippen molar-refractivity contribution in [1.82, 2.24) is 9.88 Å². The molecule has 9 nitrogen and oxygen atoms in total. The van der Waals surface area contributed by atoms with Gasteiger partial charge in [-0.3, -0.25) is 9.88 Å². The van der Waals surface area contributed by atoms with Crippen molar-refractivity contribution in [3.05, 3.63) is 42.2 Å². The first-order valence-electron chi connectivity index (χ1n) is 9.31. The Kier molecular flexibility index (Phi) is 4.06. The number of nitrogens with zero attached hydrogens (tertiary/aromatic N) is 3. The monoisotopic (exact) mass is 397 g/mol. The average molecular weight is 397 g/mol. The SMILES string of the molecule is CN1C[C@H](c2ccc(-c3ccc4c(c3)OC[C@H]3[C@H](CO)OC(=O)N43)cn2)OC1=O. The van der Waals surface area contributed by atoms with Gasteiger partial charge in [-0.2, -0.15) is 0 Å². The van der Waals surface area contributed by atoms with Crippen molar-refractivity contribution in [2.24, 2.45) is 0 Å². The number of hydrogen-bond acceptors (Lipinski definition) is 7. The summed E-state index contributed by atoms with van der Waals surface area (Å²) in [5.41, 5.74) is 3.07. The number of anilines is 1. The number of likely N-dealkylation sites (N-methyl/N-ethyl adjacent to an activating group) is 1. The van der Waals surface area contributed by atoms with E-state index in [-0.39, 0.29) is 31.5 Å². The van der Waals surface area contributed by atoms with Crippen LogP contribution < -0.4 is 9.64 Å². The summed E-state index contributed by atoms with van der Waals surface area (Å²) in [6.07, 6.45) is -0.0639. The summed E-state index contributed by atoms with van der Waals surface area (Å²) in [6, 6.07) is 8.95. The first-order valence-corrected chi connectivity index (χ1v) is 9.31. The van der Waals surface area contributed by atoms with Crippen LogP contribution in [0, 0.1) is 0 Å². The Hall–Kier alpha value is -3.33. The molecule has 2 fully saturated rings. The van der Waals surface area contributed by atoms with E-state index in [2.05, 4.69) is 4.98 Å². The van der Waals surface area contributed by atoms with Crippen molar-refractivity contribution < 1.29 is 28.9 Å². The third-order valence-corrected chi connectivity index (χ3v) is 5.46. The number of aliphatic hydroxyl groups excluding tert-OH is 1. The molecule has 1 aromatic heterocycles. The Morgan fingerprint density at radius 3 is 2.66 bits per heavy atom. The summed E-state index contributed by atoms with van der Waals surface area (Å²) < 4.78 is 16.3. The molecule has 0 saturated carbocycles. The number of pyridine rings is 1. The van der Waals surface area contributed by atoms with Crippen LogP contribution in [0.4, 0.5) is 15.3 Å². The Bertz CT molecular complexity index is 979. The maximum Gasteiger partial charge on any atom is 0.415 e. The highest BCUT2D eigenvalue weighted by Gasteiger charge is 2.46. The van der Waals surface area contributed by atoms with E-state index in [1.54, 1.807) is 19.3 Å². The summed E-state index contributed by atoms with van der Waals surface area (Å²) in [6.45, 7) is 0.485. The predicted octanol–water partition coefficient (Wildman–Crippen LogP) is 1.95. The second-order valence-electron chi connectivity index (χ2n) is 7.26. The molecular formula is C20H19N3O6. The molecule has 1 aromatic carbocycles. The number of ether oxygens (including phenoxy) is 3. The third kappa shape index (κ3) is 2.85. The Morgan fingerprint density at radius 1 is 1.14 bits per heavy atom. The van der Waals surface area contributed by atoms with Gasteiger partial charge in [-0.1, -0.05) is 12.1 Å². The molecule has 3 aliphatic rings. The van der Waals surface area contributed by atoms with Gasteiger partial charge in [-0.15, -0.1) is 0 Å². The lowest BCUT2D eigenvalue weighted by molar-refractivity contribution is 0.0734. The van der Waals surface area contributed by atoms with Gasteiger partial charge >= 0.3 is 12.2 Å². The summed E-state index contributed by atoms with van der Waals surface area (Å²) in [7, 11) is 1.69. The minimum atomic E-state index is -0.587. The van der Waals surface area contributed by atoms with Gasteiger partial charge in [0.2, 0.25) is 0 Å². The topological polar surface area (TPSA) is 101 Å². The number of rotatable bonds is 3. The van der Waals surface area contributed by atoms with E-state index in [0.29, 0.717) is 23.7 Å². The minimum Gasteiger partial charge on any atom is -0.489 e. The van der Waals surface area contributed by atoms with E-state index in [4.69, 9.17) is 14.2 Å². The van der Waals surface area contributed by atoms with Crippen LogP contribution in [-0.4, -0.2) is 66.1 Å². The second kappa shape index (κ2) is 6.63. The average Bonchev–Trinajstić information content (AvgIpc) is 3.26. The standard InChI is InChI=1S/C20H19N3O6/c1-22-8-17(28-19(22)25)13-4-2-12(7-21-13)11-3-5-14-16(6-11)27-10-15-18(9-24)29-20(26)23(14)15/h2-7,15,17-18,24H,8-10H2,1H3/t15-,17+,18-/m0/s1. The number of amides is 2. The first kappa shape index (κ1) is 17.7. The molecule has 2 amide bonds. The van der Waals surface area contributed by atoms with E-state index in [1.165, 1.54) is 9.80 Å². The molecule has 150 valence electrons. The van der Waals surface area contributed by atoms with Crippen LogP contribution in [0.25, 0.3) is 11.1 Å². The number of cyclic esters (lactones) is 2. The van der Waals surface area contributed by atoms with Crippen LogP contribution in [0.1, 0.15) is 11.8 Å². The zero-order valence-corrected chi connectivity index (χ0v) is 15.6. The van der Waals surface area contributed by atoms with Gasteiger partial charge in [0.05, 0.1) is 24.5 Å². The van der Waals surface area contributed by atoms with Gasteiger partial charge < -0.3 is 24.2 Å². The van der Waals surface area contributed by atoms with Gasteiger partial charge in [0.15, 0.2) is 12.2 Å². The van der Waals surface area contributed by atoms with Crippen LogP contribution in [0.2, 0.25) is 0 Å². The highest BCUT2D eigenvalue weighted by Crippen LogP contribution is 2.41. The van der Waals surface area contributed by atoms with Crippen molar-refractivity contribution in [2.75, 3.05) is 31.7 Å². The second-order valence-corrected chi connectivity index (χ2v) is 7.26. The molecular weight excluding hydrogens is 378 g/mol. The van der Waals surface area contributed by atoms with Crippen LogP contribution in [-0.2, 0) is 9.47 Å². The Labute approximate surface area is 166 Å². The van der Waals surface area contributed by atoms with Gasteiger partial charge in [0, 0.05) is 18.8 Å². The molecule has 4 heterocycles. The summed E-state index contributed by atoms with van der Waals surface area (Å²) in [5, 5.41) is 9.40. The largest absolute Gasteiger partial charge is 0.489 e. The van der Waals surface area contributed by atoms with Crippen LogP contribution in [0.15, 0.2) is 36.5 Å². The molecule has 0 unspecified atom stereocenters. The molecule has 9 heteroatoms. The zero-order chi connectivity index (χ0) is 20.1. The van der Waals surface area contributed by atoms with E-state index >= 15 is 0 Å². The molecule has 5 rings (SSSR count). The zero-order valence-electron chi connectivity index (χ0n) is 15.6. The van der Waals surface area contributed by atoms with E-state index < -0.39 is 12.2 Å². The van der Waals surface area contributed by atoms with Gasteiger partial charge in [-0.05, 0) is 23.8 Å². The lowest BCUT2D eigenvalue weighted by atomic mass is 10.0. The molecule has 0 aliphatic carbocycles. The number of carbonyl (C=O) groups excluding carboxylic acids is 2. The fourth-order valence-corrected chi connectivity index (χ4v) is 3.86. The number of hydrogen-bond donors (Lipinski definition) is 1. The number of carbonyl (C=O) groups is 2. The van der Waals surface area contributed by atoms with Gasteiger partial charge in [0.25, 0.3) is 0 Å². The van der Waals surface area contributed by atoms with Crippen LogP contribution in [0.3, 0.4) is 0 Å². The molecule has 2 saturated heterocycles. The van der Waals surface area contributed by atoms with Crippen LogP contribution >= 0.6 is 0 Å². The highest BCUT2D eigenvalue weighted by molar-refractivity contribution is 5.94. The maximum absolute atomic E-state index is 12.2.